The third-order valence-electron chi connectivity index (χ3n) is 7.58. The lowest BCUT2D eigenvalue weighted by Crippen LogP contribution is -2.58. The highest BCUT2D eigenvalue weighted by molar-refractivity contribution is 7.89. The van der Waals surface area contributed by atoms with Crippen molar-refractivity contribution in [1.29, 1.82) is 0 Å². The van der Waals surface area contributed by atoms with Gasteiger partial charge in [-0.3, -0.25) is 4.79 Å². The summed E-state index contributed by atoms with van der Waals surface area (Å²) in [5, 5.41) is 0. The number of nitrogens with one attached hydrogen (secondary N) is 1. The molecule has 0 aromatic heterocycles. The molecule has 1 spiro atoms. The van der Waals surface area contributed by atoms with Gasteiger partial charge in [0, 0.05) is 30.0 Å². The van der Waals surface area contributed by atoms with Gasteiger partial charge in [0.2, 0.25) is 16.0 Å². The summed E-state index contributed by atoms with van der Waals surface area (Å²) >= 11 is 0. The molecule has 2 aromatic rings. The van der Waals surface area contributed by atoms with Crippen LogP contribution in [0.2, 0.25) is 0 Å². The van der Waals surface area contributed by atoms with E-state index in [0.29, 0.717) is 30.7 Å². The van der Waals surface area contributed by atoms with E-state index in [1.807, 2.05) is 30.3 Å². The van der Waals surface area contributed by atoms with Crippen LogP contribution in [0.15, 0.2) is 48.5 Å². The van der Waals surface area contributed by atoms with Crippen molar-refractivity contribution in [3.63, 3.8) is 0 Å². The minimum Gasteiger partial charge on any atom is -0.365 e. The van der Waals surface area contributed by atoms with Gasteiger partial charge in [-0.05, 0) is 37.3 Å². The topological polar surface area (TPSA) is 75.7 Å². The second-order valence-electron chi connectivity index (χ2n) is 9.86. The van der Waals surface area contributed by atoms with Crippen LogP contribution in [-0.4, -0.2) is 56.1 Å². The van der Waals surface area contributed by atoms with E-state index in [1.165, 1.54) is 0 Å². The Labute approximate surface area is 198 Å². The first kappa shape index (κ1) is 23.4. The molecule has 3 atom stereocenters. The number of likely N-dealkylation sites (tertiary alicyclic amines) is 1. The van der Waals surface area contributed by atoms with Gasteiger partial charge in [0.1, 0.15) is 11.4 Å². The first-order valence-corrected chi connectivity index (χ1v) is 13.2. The van der Waals surface area contributed by atoms with Gasteiger partial charge >= 0.3 is 0 Å². The van der Waals surface area contributed by atoms with Gasteiger partial charge in [-0.25, -0.2) is 21.9 Å². The quantitative estimate of drug-likeness (QED) is 0.646. The van der Waals surface area contributed by atoms with Crippen LogP contribution in [0, 0.1) is 11.2 Å². The minimum absolute atomic E-state index is 0.107. The Bertz CT molecular complexity index is 1200. The van der Waals surface area contributed by atoms with Crippen molar-refractivity contribution in [3.05, 3.63) is 59.9 Å². The van der Waals surface area contributed by atoms with Crippen LogP contribution in [0.5, 0.6) is 0 Å². The predicted octanol–water partition coefficient (Wildman–Crippen LogP) is 3.42. The number of rotatable bonds is 7. The Morgan fingerprint density at radius 3 is 2.44 bits per heavy atom. The Kier molecular flexibility index (Phi) is 5.77. The molecule has 1 N–H and O–H groups in total. The maximum absolute atomic E-state index is 15.7. The third kappa shape index (κ3) is 4.03. The molecule has 34 heavy (non-hydrogen) atoms. The van der Waals surface area contributed by atoms with Gasteiger partial charge in [-0.2, -0.15) is 0 Å². The lowest BCUT2D eigenvalue weighted by atomic mass is 9.90. The van der Waals surface area contributed by atoms with Crippen LogP contribution < -0.4 is 4.72 Å². The smallest absolute Gasteiger partial charge is 0.254 e. The second-order valence-corrected chi connectivity index (χ2v) is 11.5. The third-order valence-corrected chi connectivity index (χ3v) is 8.48. The molecule has 2 aromatic carbocycles. The standard InChI is InChI=1S/C25H28F2N2O4S/c1-24(12-13-33-24)23(30)29-15-25(10-11-25)22(28-34(31,32)16-26)20(29)14-18-8-5-9-19(21(18)27)17-6-3-2-4-7-17/h2-9,20,22,28H,10-16H2,1H3/t20-,22+,24-/m0/s1. The lowest BCUT2D eigenvalue weighted by molar-refractivity contribution is -0.182. The van der Waals surface area contributed by atoms with Crippen molar-refractivity contribution in [2.45, 2.75) is 50.3 Å². The van der Waals surface area contributed by atoms with Gasteiger partial charge in [0.15, 0.2) is 0 Å². The van der Waals surface area contributed by atoms with E-state index in [0.717, 1.165) is 18.4 Å². The van der Waals surface area contributed by atoms with Gasteiger partial charge < -0.3 is 9.64 Å². The molecule has 6 nitrogen and oxygen atoms in total. The SMILES string of the molecule is C[C@@]1(C(=O)N2CC3(CC3)[C@H](NS(=O)(=O)CF)[C@@H]2Cc2cccc(-c3ccccc3)c2F)CCO1. The number of sulfonamides is 1. The first-order chi connectivity index (χ1) is 16.2. The van der Waals surface area contributed by atoms with Crippen LogP contribution >= 0.6 is 0 Å². The van der Waals surface area contributed by atoms with E-state index < -0.39 is 44.9 Å². The van der Waals surface area contributed by atoms with E-state index in [1.54, 1.807) is 30.0 Å². The molecule has 3 aliphatic rings. The number of hydrogen-bond donors (Lipinski definition) is 1. The fourth-order valence-electron chi connectivity index (χ4n) is 5.34. The van der Waals surface area contributed by atoms with Crippen molar-refractivity contribution in [3.8, 4) is 11.1 Å². The number of nitrogens with zero attached hydrogens (tertiary/aromatic N) is 1. The first-order valence-electron chi connectivity index (χ1n) is 11.5. The molecule has 1 saturated carbocycles. The number of hydrogen-bond acceptors (Lipinski definition) is 4. The number of carbonyl (C=O) groups is 1. The molecular formula is C25H28F2N2O4S. The second kappa shape index (κ2) is 8.39. The molecule has 0 radical (unpaired) electrons. The largest absolute Gasteiger partial charge is 0.365 e. The van der Waals surface area contributed by atoms with Crippen molar-refractivity contribution in [2.24, 2.45) is 5.41 Å². The highest BCUT2D eigenvalue weighted by atomic mass is 32.2. The summed E-state index contributed by atoms with van der Waals surface area (Å²) < 4.78 is 61.5. The van der Waals surface area contributed by atoms with Crippen LogP contribution in [-0.2, 0) is 26.0 Å². The zero-order valence-electron chi connectivity index (χ0n) is 19.0. The summed E-state index contributed by atoms with van der Waals surface area (Å²) in [5.41, 5.74) is 0.115. The number of alkyl halides is 1. The maximum Gasteiger partial charge on any atom is 0.254 e. The zero-order chi connectivity index (χ0) is 24.1. The highest BCUT2D eigenvalue weighted by Gasteiger charge is 2.63. The van der Waals surface area contributed by atoms with E-state index in [2.05, 4.69) is 4.72 Å². The van der Waals surface area contributed by atoms with E-state index in [-0.39, 0.29) is 12.3 Å². The van der Waals surface area contributed by atoms with Crippen LogP contribution in [0.1, 0.15) is 31.7 Å². The molecule has 1 aliphatic carbocycles. The molecule has 182 valence electrons. The van der Waals surface area contributed by atoms with Gasteiger partial charge in [0.25, 0.3) is 5.91 Å². The molecule has 3 fully saturated rings. The molecule has 9 heteroatoms. The summed E-state index contributed by atoms with van der Waals surface area (Å²) in [6, 6.07) is 11.4. The number of ether oxygens (including phenoxy) is 1. The monoisotopic (exact) mass is 490 g/mol. The lowest BCUT2D eigenvalue weighted by Gasteiger charge is -2.41. The maximum atomic E-state index is 15.7. The summed E-state index contributed by atoms with van der Waals surface area (Å²) in [7, 11) is -4.18. The van der Waals surface area contributed by atoms with E-state index in [4.69, 9.17) is 4.74 Å². The van der Waals surface area contributed by atoms with Crippen molar-refractivity contribution >= 4 is 15.9 Å². The average molecular weight is 491 g/mol. The van der Waals surface area contributed by atoms with Crippen molar-refractivity contribution in [1.82, 2.24) is 9.62 Å². The molecule has 5 rings (SSSR count). The normalized spacial score (nSPS) is 27.6. The Hall–Kier alpha value is -2.36. The molecular weight excluding hydrogens is 462 g/mol. The number of halogens is 2. The number of amides is 1. The Morgan fingerprint density at radius 1 is 1.15 bits per heavy atom. The molecule has 1 amide bonds. The van der Waals surface area contributed by atoms with Gasteiger partial charge in [-0.15, -0.1) is 0 Å². The number of carbonyl (C=O) groups excluding carboxylic acids is 1. The summed E-state index contributed by atoms with van der Waals surface area (Å²) in [6.45, 7) is 2.55. The van der Waals surface area contributed by atoms with Crippen molar-refractivity contribution in [2.75, 3.05) is 19.2 Å². The zero-order valence-corrected chi connectivity index (χ0v) is 19.8. The predicted molar refractivity (Wildman–Crippen MR) is 124 cm³/mol. The summed E-state index contributed by atoms with van der Waals surface area (Å²) in [5.74, 6) is -0.632. The fourth-order valence-corrected chi connectivity index (χ4v) is 6.19. The fraction of sp³-hybridized carbons (Fsp3) is 0.480. The minimum atomic E-state index is -4.18. The molecule has 2 saturated heterocycles. The van der Waals surface area contributed by atoms with E-state index in [9.17, 15) is 17.6 Å². The molecule has 2 aliphatic heterocycles. The average Bonchev–Trinajstić information content (AvgIpc) is 3.54. The van der Waals surface area contributed by atoms with E-state index >= 15 is 4.39 Å². The van der Waals surface area contributed by atoms with Crippen LogP contribution in [0.4, 0.5) is 8.78 Å². The Morgan fingerprint density at radius 2 is 1.85 bits per heavy atom. The van der Waals surface area contributed by atoms with Crippen LogP contribution in [0.25, 0.3) is 11.1 Å². The summed E-state index contributed by atoms with van der Waals surface area (Å²) in [4.78, 5) is 15.1. The Balaban J connectivity index is 1.52. The number of benzene rings is 2. The highest BCUT2D eigenvalue weighted by Crippen LogP contribution is 2.56. The van der Waals surface area contributed by atoms with Crippen LogP contribution in [0.3, 0.4) is 0 Å². The molecule has 2 heterocycles. The molecule has 0 unspecified atom stereocenters. The van der Waals surface area contributed by atoms with Crippen molar-refractivity contribution < 1.29 is 26.7 Å². The van der Waals surface area contributed by atoms with Gasteiger partial charge in [0.05, 0.1) is 12.6 Å². The van der Waals surface area contributed by atoms with Gasteiger partial charge in [-0.1, -0.05) is 48.5 Å². The summed E-state index contributed by atoms with van der Waals surface area (Å²) in [6.07, 6.45) is 2.12. The molecule has 0 bridgehead atoms.